The van der Waals surface area contributed by atoms with Gasteiger partial charge < -0.3 is 4.74 Å². The van der Waals surface area contributed by atoms with E-state index in [4.69, 9.17) is 4.74 Å². The van der Waals surface area contributed by atoms with Gasteiger partial charge in [-0.15, -0.1) is 0 Å². The Morgan fingerprint density at radius 3 is 1.21 bits per heavy atom. The summed E-state index contributed by atoms with van der Waals surface area (Å²) in [7, 11) is 0. The summed E-state index contributed by atoms with van der Waals surface area (Å²) in [4.78, 5) is 12.3. The molecular weight excluding hydrogens is 512 g/mol. The summed E-state index contributed by atoms with van der Waals surface area (Å²) in [6.45, 7) is 23.9. The van der Waals surface area contributed by atoms with Crippen LogP contribution in [-0.4, -0.2) is 12.6 Å². The standard InChI is InChI=1S/C40H78O2/c1-32(2)17-11-19-34(5)21-13-23-36(7)25-15-27-38(9)29-30-42-40(41)31-39(10)28-16-26-37(8)24-14-22-35(6)20-12-18-33(3)4/h29,32-37,39H,11-28,30-31H2,1-10H3. The normalized spacial score (nSPS) is 16.0. The van der Waals surface area contributed by atoms with Crippen molar-refractivity contribution in [3.05, 3.63) is 11.6 Å². The van der Waals surface area contributed by atoms with Gasteiger partial charge in [0.1, 0.15) is 6.61 Å². The number of rotatable bonds is 28. The third-order valence-corrected chi connectivity index (χ3v) is 9.60. The van der Waals surface area contributed by atoms with Crippen molar-refractivity contribution in [3.63, 3.8) is 0 Å². The van der Waals surface area contributed by atoms with Gasteiger partial charge in [-0.25, -0.2) is 0 Å². The molecular formula is C40H78O2. The minimum atomic E-state index is -0.0295. The zero-order valence-corrected chi connectivity index (χ0v) is 30.6. The molecule has 0 aromatic rings. The van der Waals surface area contributed by atoms with E-state index in [-0.39, 0.29) is 5.97 Å². The molecule has 0 radical (unpaired) electrons. The zero-order valence-electron chi connectivity index (χ0n) is 30.6. The predicted molar refractivity (Wildman–Crippen MR) is 188 cm³/mol. The van der Waals surface area contributed by atoms with Crippen LogP contribution in [0.25, 0.3) is 0 Å². The first-order valence-corrected chi connectivity index (χ1v) is 18.7. The summed E-state index contributed by atoms with van der Waals surface area (Å²) in [6, 6.07) is 0. The van der Waals surface area contributed by atoms with Crippen LogP contribution in [0.3, 0.4) is 0 Å². The molecule has 0 aliphatic rings. The topological polar surface area (TPSA) is 26.3 Å². The predicted octanol–water partition coefficient (Wildman–Crippen LogP) is 13.4. The smallest absolute Gasteiger partial charge is 0.306 e. The van der Waals surface area contributed by atoms with E-state index in [0.717, 1.165) is 48.3 Å². The second-order valence-electron chi connectivity index (χ2n) is 15.8. The minimum absolute atomic E-state index is 0.0295. The van der Waals surface area contributed by atoms with Crippen LogP contribution in [0.4, 0.5) is 0 Å². The summed E-state index contributed by atoms with van der Waals surface area (Å²) < 4.78 is 5.56. The molecule has 0 spiro atoms. The zero-order chi connectivity index (χ0) is 31.8. The Hall–Kier alpha value is -0.790. The average Bonchev–Trinajstić information content (AvgIpc) is 2.88. The van der Waals surface area contributed by atoms with E-state index in [1.807, 2.05) is 0 Å². The van der Waals surface area contributed by atoms with Gasteiger partial charge in [-0.05, 0) is 67.3 Å². The van der Waals surface area contributed by atoms with Gasteiger partial charge >= 0.3 is 5.97 Å². The number of esters is 1. The highest BCUT2D eigenvalue weighted by atomic mass is 16.5. The Labute approximate surface area is 266 Å². The maximum atomic E-state index is 12.3. The Balaban J connectivity index is 3.84. The number of allylic oxidation sites excluding steroid dienone is 1. The second kappa shape index (κ2) is 26.6. The van der Waals surface area contributed by atoms with Crippen molar-refractivity contribution in [2.75, 3.05) is 6.61 Å². The Morgan fingerprint density at radius 2 is 0.833 bits per heavy atom. The maximum Gasteiger partial charge on any atom is 0.306 e. The highest BCUT2D eigenvalue weighted by Crippen LogP contribution is 2.24. The first kappa shape index (κ1) is 41.2. The Bertz CT molecular complexity index is 648. The first-order chi connectivity index (χ1) is 19.9. The summed E-state index contributed by atoms with van der Waals surface area (Å²) in [5.74, 6) is 5.45. The molecule has 0 aromatic carbocycles. The number of hydrogen-bond donors (Lipinski definition) is 0. The highest BCUT2D eigenvalue weighted by molar-refractivity contribution is 5.69. The average molecular weight is 591 g/mol. The summed E-state index contributed by atoms with van der Waals surface area (Å²) in [5.41, 5.74) is 1.36. The van der Waals surface area contributed by atoms with Crippen molar-refractivity contribution in [1.82, 2.24) is 0 Å². The van der Waals surface area contributed by atoms with E-state index in [2.05, 4.69) is 75.3 Å². The van der Waals surface area contributed by atoms with E-state index >= 15 is 0 Å². The van der Waals surface area contributed by atoms with Crippen molar-refractivity contribution in [2.24, 2.45) is 41.4 Å². The van der Waals surface area contributed by atoms with Crippen LogP contribution in [0.15, 0.2) is 11.6 Å². The summed E-state index contributed by atoms with van der Waals surface area (Å²) >= 11 is 0. The van der Waals surface area contributed by atoms with Gasteiger partial charge in [0.15, 0.2) is 0 Å². The molecule has 0 heterocycles. The quantitative estimate of drug-likeness (QED) is 0.0669. The molecule has 2 heteroatoms. The van der Waals surface area contributed by atoms with E-state index < -0.39 is 0 Å². The molecule has 0 aliphatic heterocycles. The molecule has 0 N–H and O–H groups in total. The molecule has 0 saturated heterocycles. The fourth-order valence-corrected chi connectivity index (χ4v) is 6.32. The van der Waals surface area contributed by atoms with E-state index in [0.29, 0.717) is 18.9 Å². The number of carbonyl (C=O) groups excluding carboxylic acids is 1. The van der Waals surface area contributed by atoms with Crippen LogP contribution in [-0.2, 0) is 9.53 Å². The van der Waals surface area contributed by atoms with Crippen LogP contribution in [0.5, 0.6) is 0 Å². The van der Waals surface area contributed by atoms with Crippen molar-refractivity contribution in [3.8, 4) is 0 Å². The SMILES string of the molecule is CC(=CCOC(=O)CC(C)CCCC(C)CCCC(C)CCCC(C)C)CCCC(C)CCCC(C)CCCC(C)C. The molecule has 0 saturated carbocycles. The largest absolute Gasteiger partial charge is 0.461 e. The lowest BCUT2D eigenvalue weighted by molar-refractivity contribution is -0.143. The maximum absolute atomic E-state index is 12.3. The third kappa shape index (κ3) is 28.0. The molecule has 250 valence electrons. The van der Waals surface area contributed by atoms with Gasteiger partial charge in [-0.3, -0.25) is 4.79 Å². The molecule has 0 aliphatic carbocycles. The van der Waals surface area contributed by atoms with Gasteiger partial charge in [0, 0.05) is 6.42 Å². The third-order valence-electron chi connectivity index (χ3n) is 9.60. The molecule has 0 aromatic heterocycles. The lowest BCUT2D eigenvalue weighted by Crippen LogP contribution is -2.10. The summed E-state index contributed by atoms with van der Waals surface area (Å²) in [6.07, 6.45) is 26.6. The van der Waals surface area contributed by atoms with Gasteiger partial charge in [0.25, 0.3) is 0 Å². The lowest BCUT2D eigenvalue weighted by Gasteiger charge is -2.16. The summed E-state index contributed by atoms with van der Waals surface area (Å²) in [5, 5.41) is 0. The van der Waals surface area contributed by atoms with E-state index in [1.165, 1.54) is 108 Å². The van der Waals surface area contributed by atoms with E-state index in [1.54, 1.807) is 0 Å². The van der Waals surface area contributed by atoms with Crippen molar-refractivity contribution < 1.29 is 9.53 Å². The molecule has 0 bridgehead atoms. The lowest BCUT2D eigenvalue weighted by atomic mass is 9.91. The first-order valence-electron chi connectivity index (χ1n) is 18.7. The van der Waals surface area contributed by atoms with Crippen LogP contribution >= 0.6 is 0 Å². The van der Waals surface area contributed by atoms with Crippen molar-refractivity contribution in [2.45, 2.75) is 191 Å². The molecule has 0 amide bonds. The van der Waals surface area contributed by atoms with Crippen molar-refractivity contribution in [1.29, 1.82) is 0 Å². The van der Waals surface area contributed by atoms with Crippen LogP contribution in [0, 0.1) is 41.4 Å². The number of hydrogen-bond acceptors (Lipinski definition) is 2. The van der Waals surface area contributed by atoms with Crippen LogP contribution in [0.1, 0.15) is 191 Å². The fraction of sp³-hybridized carbons (Fsp3) is 0.925. The second-order valence-corrected chi connectivity index (χ2v) is 15.8. The minimum Gasteiger partial charge on any atom is -0.461 e. The molecule has 5 unspecified atom stereocenters. The Kier molecular flexibility index (Phi) is 26.1. The van der Waals surface area contributed by atoms with Gasteiger partial charge in [-0.2, -0.15) is 0 Å². The van der Waals surface area contributed by atoms with E-state index in [9.17, 15) is 4.79 Å². The van der Waals surface area contributed by atoms with Crippen molar-refractivity contribution >= 4 is 5.97 Å². The monoisotopic (exact) mass is 591 g/mol. The fourth-order valence-electron chi connectivity index (χ4n) is 6.32. The van der Waals surface area contributed by atoms with Crippen LogP contribution < -0.4 is 0 Å². The van der Waals surface area contributed by atoms with Gasteiger partial charge in [-0.1, -0.05) is 171 Å². The molecule has 0 rings (SSSR count). The van der Waals surface area contributed by atoms with Gasteiger partial charge in [0.2, 0.25) is 0 Å². The molecule has 2 nitrogen and oxygen atoms in total. The molecule has 42 heavy (non-hydrogen) atoms. The van der Waals surface area contributed by atoms with Crippen LogP contribution in [0.2, 0.25) is 0 Å². The Morgan fingerprint density at radius 1 is 0.500 bits per heavy atom. The number of carbonyl (C=O) groups is 1. The molecule has 0 fully saturated rings. The number of ether oxygens (including phenoxy) is 1. The van der Waals surface area contributed by atoms with Gasteiger partial charge in [0.05, 0.1) is 0 Å². The highest BCUT2D eigenvalue weighted by Gasteiger charge is 2.12. The molecule has 5 atom stereocenters.